The van der Waals surface area contributed by atoms with Crippen LogP contribution in [0.25, 0.3) is 0 Å². The average molecular weight is 387 g/mol. The molecule has 0 saturated heterocycles. The Hall–Kier alpha value is -0.140. The number of aryl methyl sites for hydroxylation is 1. The second-order valence-corrected chi connectivity index (χ2v) is 9.82. The van der Waals surface area contributed by atoms with Crippen LogP contribution < -0.4 is 0 Å². The smallest absolute Gasteiger partial charge is 0.257 e. The summed E-state index contributed by atoms with van der Waals surface area (Å²) in [5.74, 6) is -0.762. The number of alkyl halides is 2. The van der Waals surface area contributed by atoms with Crippen LogP contribution in [0.5, 0.6) is 0 Å². The van der Waals surface area contributed by atoms with E-state index in [0.29, 0.717) is 5.56 Å². The van der Waals surface area contributed by atoms with Crippen molar-refractivity contribution in [3.63, 3.8) is 0 Å². The second kappa shape index (κ2) is 5.24. The van der Waals surface area contributed by atoms with E-state index in [9.17, 15) is 13.2 Å². The van der Waals surface area contributed by atoms with Gasteiger partial charge in [-0.3, -0.25) is 4.79 Å². The quantitative estimate of drug-likeness (QED) is 0.454. The Morgan fingerprint density at radius 2 is 2.06 bits per heavy atom. The van der Waals surface area contributed by atoms with Crippen LogP contribution >= 0.6 is 34.2 Å². The Morgan fingerprint density at radius 1 is 1.47 bits per heavy atom. The van der Waals surface area contributed by atoms with Gasteiger partial charge >= 0.3 is 0 Å². The summed E-state index contributed by atoms with van der Waals surface area (Å²) >= 11 is 7.40. The number of ketones is 1. The zero-order valence-corrected chi connectivity index (χ0v) is 13.1. The fraction of sp³-hybridized carbons (Fsp3) is 0.364. The van der Waals surface area contributed by atoms with Gasteiger partial charge in [0.05, 0.1) is 5.75 Å². The Balaban J connectivity index is 3.23. The van der Waals surface area contributed by atoms with E-state index in [1.807, 2.05) is 13.0 Å². The second-order valence-electron chi connectivity index (χ2n) is 3.62. The third kappa shape index (κ3) is 3.00. The van der Waals surface area contributed by atoms with Gasteiger partial charge in [0.1, 0.15) is 0 Å². The number of rotatable bonds is 4. The van der Waals surface area contributed by atoms with Crippen molar-refractivity contribution in [3.8, 4) is 0 Å². The van der Waals surface area contributed by atoms with Crippen LogP contribution in [0.3, 0.4) is 0 Å². The summed E-state index contributed by atoms with van der Waals surface area (Å²) < 4.78 is 21.6. The number of sulfone groups is 1. The SMILES string of the molecule is CCS(=O)(=O)[C@](Cl)(I)C(=O)c1cccc(C)c1. The minimum atomic E-state index is -3.66. The lowest BCUT2D eigenvalue weighted by Crippen LogP contribution is -2.36. The molecule has 1 atom stereocenters. The number of halogens is 2. The summed E-state index contributed by atoms with van der Waals surface area (Å²) in [4.78, 5) is 12.1. The lowest BCUT2D eigenvalue weighted by Gasteiger charge is -2.18. The number of carbonyl (C=O) groups is 1. The Kier molecular flexibility index (Phi) is 4.60. The molecule has 17 heavy (non-hydrogen) atoms. The molecule has 0 aliphatic heterocycles. The molecule has 0 fully saturated rings. The molecule has 1 rings (SSSR count). The van der Waals surface area contributed by atoms with E-state index < -0.39 is 17.8 Å². The van der Waals surface area contributed by atoms with Gasteiger partial charge in [-0.2, -0.15) is 0 Å². The first kappa shape index (κ1) is 14.9. The zero-order valence-electron chi connectivity index (χ0n) is 9.41. The molecule has 6 heteroatoms. The molecule has 0 aliphatic carbocycles. The zero-order chi connectivity index (χ0) is 13.3. The fourth-order valence-electron chi connectivity index (χ4n) is 1.28. The maximum absolute atomic E-state index is 12.1. The molecular formula is C11H12ClIO3S. The van der Waals surface area contributed by atoms with E-state index in [1.54, 1.807) is 18.2 Å². The molecule has 0 aliphatic rings. The maximum atomic E-state index is 12.1. The highest BCUT2D eigenvalue weighted by Gasteiger charge is 2.45. The Morgan fingerprint density at radius 3 is 2.53 bits per heavy atom. The summed E-state index contributed by atoms with van der Waals surface area (Å²) in [7, 11) is -3.66. The first-order valence-electron chi connectivity index (χ1n) is 4.94. The number of hydrogen-bond acceptors (Lipinski definition) is 3. The minimum absolute atomic E-state index is 0.170. The van der Waals surface area contributed by atoms with Crippen LogP contribution in [0.15, 0.2) is 24.3 Å². The third-order valence-electron chi connectivity index (χ3n) is 2.32. The van der Waals surface area contributed by atoms with E-state index in [1.165, 1.54) is 29.5 Å². The topological polar surface area (TPSA) is 51.2 Å². The van der Waals surface area contributed by atoms with Gasteiger partial charge in [-0.1, -0.05) is 42.3 Å². The van der Waals surface area contributed by atoms with Gasteiger partial charge in [-0.15, -0.1) is 0 Å². The highest BCUT2D eigenvalue weighted by molar-refractivity contribution is 14.1. The molecule has 3 nitrogen and oxygen atoms in total. The van der Waals surface area contributed by atoms with Gasteiger partial charge in [0, 0.05) is 5.56 Å². The monoisotopic (exact) mass is 386 g/mol. The van der Waals surface area contributed by atoms with Crippen LogP contribution in [0.4, 0.5) is 0 Å². The molecule has 1 aromatic rings. The summed E-state index contributed by atoms with van der Waals surface area (Å²) in [6, 6.07) is 6.72. The molecule has 0 unspecified atom stereocenters. The fourth-order valence-corrected chi connectivity index (χ4v) is 3.72. The van der Waals surface area contributed by atoms with Crippen molar-refractivity contribution in [2.24, 2.45) is 0 Å². The first-order valence-corrected chi connectivity index (χ1v) is 8.05. The summed E-state index contributed by atoms with van der Waals surface area (Å²) in [6.07, 6.45) is 0. The predicted octanol–water partition coefficient (Wildman–Crippen LogP) is 2.94. The van der Waals surface area contributed by atoms with Crippen LogP contribution in [0, 0.1) is 6.92 Å². The number of Topliss-reactive ketones (excluding diaryl/α,β-unsaturated/α-hetero) is 1. The largest absolute Gasteiger partial charge is 0.290 e. The van der Waals surface area contributed by atoms with Gasteiger partial charge in [0.25, 0.3) is 2.21 Å². The molecule has 0 N–H and O–H groups in total. The summed E-state index contributed by atoms with van der Waals surface area (Å²) in [5.41, 5.74) is 1.19. The van der Waals surface area contributed by atoms with Crippen LogP contribution in [-0.2, 0) is 9.84 Å². The molecule has 0 spiro atoms. The van der Waals surface area contributed by atoms with Crippen LogP contribution in [0.2, 0.25) is 0 Å². The average Bonchev–Trinajstić information content (AvgIpc) is 2.27. The third-order valence-corrected chi connectivity index (χ3v) is 7.42. The van der Waals surface area contributed by atoms with Gasteiger partial charge in [0.2, 0.25) is 5.78 Å². The van der Waals surface area contributed by atoms with Crippen molar-refractivity contribution >= 4 is 49.8 Å². The molecule has 0 aromatic heterocycles. The highest BCUT2D eigenvalue weighted by Crippen LogP contribution is 2.35. The number of hydrogen-bond donors (Lipinski definition) is 0. The summed E-state index contributed by atoms with van der Waals surface area (Å²) in [5, 5.41) is 0. The van der Waals surface area contributed by atoms with Crippen molar-refractivity contribution in [3.05, 3.63) is 35.4 Å². The number of benzene rings is 1. The Bertz CT molecular complexity index is 537. The van der Waals surface area contributed by atoms with Crippen molar-refractivity contribution < 1.29 is 13.2 Å². The molecule has 0 bridgehead atoms. The highest BCUT2D eigenvalue weighted by atomic mass is 127. The van der Waals surface area contributed by atoms with Gasteiger partial charge in [0.15, 0.2) is 9.84 Å². The first-order chi connectivity index (χ1) is 7.72. The van der Waals surface area contributed by atoms with Crippen molar-refractivity contribution in [2.75, 3.05) is 5.75 Å². The molecule has 94 valence electrons. The van der Waals surface area contributed by atoms with Crippen LogP contribution in [0.1, 0.15) is 22.8 Å². The lowest BCUT2D eigenvalue weighted by atomic mass is 10.1. The van der Waals surface area contributed by atoms with E-state index in [-0.39, 0.29) is 5.75 Å². The van der Waals surface area contributed by atoms with E-state index in [0.717, 1.165) is 5.56 Å². The number of carbonyl (C=O) groups excluding carboxylic acids is 1. The molecule has 0 heterocycles. The van der Waals surface area contributed by atoms with Crippen LogP contribution in [-0.4, -0.2) is 22.2 Å². The molecule has 1 aromatic carbocycles. The van der Waals surface area contributed by atoms with E-state index in [4.69, 9.17) is 11.6 Å². The molecule has 0 saturated carbocycles. The van der Waals surface area contributed by atoms with E-state index >= 15 is 0 Å². The van der Waals surface area contributed by atoms with Crippen molar-refractivity contribution in [1.29, 1.82) is 0 Å². The molecule has 0 amide bonds. The van der Waals surface area contributed by atoms with Gasteiger partial charge in [-0.25, -0.2) is 8.42 Å². The van der Waals surface area contributed by atoms with Gasteiger partial charge < -0.3 is 0 Å². The van der Waals surface area contributed by atoms with Crippen molar-refractivity contribution in [1.82, 2.24) is 0 Å². The normalized spacial score (nSPS) is 15.3. The molecule has 0 radical (unpaired) electrons. The summed E-state index contributed by atoms with van der Waals surface area (Å²) in [6.45, 7) is 3.29. The van der Waals surface area contributed by atoms with Gasteiger partial charge in [-0.05, 0) is 35.6 Å². The lowest BCUT2D eigenvalue weighted by molar-refractivity contribution is 0.100. The predicted molar refractivity (Wildman–Crippen MR) is 77.6 cm³/mol. The van der Waals surface area contributed by atoms with E-state index in [2.05, 4.69) is 0 Å². The Labute approximate surface area is 120 Å². The maximum Gasteiger partial charge on any atom is 0.257 e. The molecular weight excluding hydrogens is 375 g/mol. The minimum Gasteiger partial charge on any atom is -0.290 e. The van der Waals surface area contributed by atoms with Crippen molar-refractivity contribution in [2.45, 2.75) is 16.1 Å². The standard InChI is InChI=1S/C11H12ClIO3S/c1-3-17(15,16)11(12,13)10(14)9-6-4-5-8(2)7-9/h4-7H,3H2,1-2H3/t11-/m1/s1.